The number of hydrogen-bond acceptors (Lipinski definition) is 5. The number of likely N-dealkylation sites (N-methyl/N-ethyl adjacent to an activating group) is 1. The first-order valence-electron chi connectivity index (χ1n) is 9.44. The number of halogens is 1. The normalized spacial score (nSPS) is 12.0. The molecule has 2 rings (SSSR count). The molecule has 0 saturated carbocycles. The van der Waals surface area contributed by atoms with E-state index < -0.39 is 40.2 Å². The Kier molecular flexibility index (Phi) is 7.98. The van der Waals surface area contributed by atoms with Crippen LogP contribution in [0.15, 0.2) is 48.5 Å². The van der Waals surface area contributed by atoms with Gasteiger partial charge in [-0.3, -0.25) is 13.9 Å². The van der Waals surface area contributed by atoms with Crippen molar-refractivity contribution in [2.24, 2.45) is 0 Å². The standard InChI is InChI=1S/C21H26FN3O5S/c1-15(21(27)23-2)24(13-16-5-7-17(22)8-6-16)20(26)14-25(31(4,28)29)18-9-11-19(30-3)12-10-18/h5-12,15H,13-14H2,1-4H3,(H,23,27). The molecule has 2 amide bonds. The number of carbonyl (C=O) groups is 2. The van der Waals surface area contributed by atoms with Gasteiger partial charge in [0.15, 0.2) is 0 Å². The number of carbonyl (C=O) groups excluding carboxylic acids is 2. The maximum absolute atomic E-state index is 13.2. The lowest BCUT2D eigenvalue weighted by molar-refractivity contribution is -0.139. The van der Waals surface area contributed by atoms with Crippen molar-refractivity contribution in [3.8, 4) is 5.75 Å². The molecule has 0 saturated heterocycles. The summed E-state index contributed by atoms with van der Waals surface area (Å²) in [7, 11) is -0.871. The van der Waals surface area contributed by atoms with Crippen LogP contribution in [0, 0.1) is 5.82 Å². The van der Waals surface area contributed by atoms with E-state index in [1.54, 1.807) is 19.1 Å². The van der Waals surface area contributed by atoms with Crippen molar-refractivity contribution < 1.29 is 27.1 Å². The van der Waals surface area contributed by atoms with Gasteiger partial charge in [0, 0.05) is 13.6 Å². The molecule has 0 radical (unpaired) electrons. The molecule has 0 aliphatic heterocycles. The third kappa shape index (κ3) is 6.42. The number of ether oxygens (including phenoxy) is 1. The largest absolute Gasteiger partial charge is 0.497 e. The van der Waals surface area contributed by atoms with Gasteiger partial charge in [0.05, 0.1) is 19.1 Å². The van der Waals surface area contributed by atoms with Crippen LogP contribution in [0.5, 0.6) is 5.75 Å². The molecule has 1 atom stereocenters. The molecule has 1 unspecified atom stereocenters. The van der Waals surface area contributed by atoms with Gasteiger partial charge in [0.1, 0.15) is 24.2 Å². The van der Waals surface area contributed by atoms with Gasteiger partial charge >= 0.3 is 0 Å². The maximum Gasteiger partial charge on any atom is 0.244 e. The Balaban J connectivity index is 2.35. The fourth-order valence-electron chi connectivity index (χ4n) is 2.94. The number of nitrogens with one attached hydrogen (secondary N) is 1. The lowest BCUT2D eigenvalue weighted by Gasteiger charge is -2.31. The van der Waals surface area contributed by atoms with Crippen molar-refractivity contribution in [2.75, 3.05) is 31.3 Å². The van der Waals surface area contributed by atoms with E-state index in [1.165, 1.54) is 55.5 Å². The van der Waals surface area contributed by atoms with Crippen LogP contribution < -0.4 is 14.4 Å². The number of amides is 2. The van der Waals surface area contributed by atoms with E-state index in [2.05, 4.69) is 5.32 Å². The van der Waals surface area contributed by atoms with Crippen molar-refractivity contribution in [1.82, 2.24) is 10.2 Å². The van der Waals surface area contributed by atoms with Gasteiger partial charge in [-0.15, -0.1) is 0 Å². The topological polar surface area (TPSA) is 96.0 Å². The highest BCUT2D eigenvalue weighted by atomic mass is 32.2. The Hall–Kier alpha value is -3.14. The number of rotatable bonds is 9. The SMILES string of the molecule is CNC(=O)C(C)N(Cc1ccc(F)cc1)C(=O)CN(c1ccc(OC)cc1)S(C)(=O)=O. The Morgan fingerprint density at radius 1 is 1.10 bits per heavy atom. The van der Waals surface area contributed by atoms with E-state index in [-0.39, 0.29) is 12.2 Å². The monoisotopic (exact) mass is 451 g/mol. The molecule has 0 aliphatic carbocycles. The number of hydrogen-bond donors (Lipinski definition) is 1. The molecule has 31 heavy (non-hydrogen) atoms. The summed E-state index contributed by atoms with van der Waals surface area (Å²) in [5, 5.41) is 2.48. The minimum Gasteiger partial charge on any atom is -0.497 e. The molecule has 10 heteroatoms. The zero-order valence-electron chi connectivity index (χ0n) is 17.8. The van der Waals surface area contributed by atoms with Crippen LogP contribution in [0.4, 0.5) is 10.1 Å². The second kappa shape index (κ2) is 10.3. The number of methoxy groups -OCH3 is 1. The molecule has 0 spiro atoms. The fraction of sp³-hybridized carbons (Fsp3) is 0.333. The smallest absolute Gasteiger partial charge is 0.244 e. The molecule has 2 aromatic carbocycles. The summed E-state index contributed by atoms with van der Waals surface area (Å²) < 4.78 is 44.1. The minimum absolute atomic E-state index is 0.00785. The summed E-state index contributed by atoms with van der Waals surface area (Å²) in [6, 6.07) is 10.9. The molecule has 0 aliphatic rings. The van der Waals surface area contributed by atoms with E-state index in [0.29, 0.717) is 11.3 Å². The number of anilines is 1. The van der Waals surface area contributed by atoms with E-state index in [1.807, 2.05) is 0 Å². The molecule has 1 N–H and O–H groups in total. The Morgan fingerprint density at radius 3 is 2.16 bits per heavy atom. The summed E-state index contributed by atoms with van der Waals surface area (Å²) in [4.78, 5) is 26.6. The van der Waals surface area contributed by atoms with Crippen LogP contribution in [-0.4, -0.2) is 58.1 Å². The van der Waals surface area contributed by atoms with Crippen LogP contribution >= 0.6 is 0 Å². The molecule has 0 heterocycles. The summed E-state index contributed by atoms with van der Waals surface area (Å²) in [5.74, 6) is -0.883. The molecule has 2 aromatic rings. The second-order valence-electron chi connectivity index (χ2n) is 6.91. The molecule has 0 aromatic heterocycles. The fourth-order valence-corrected chi connectivity index (χ4v) is 3.79. The summed E-state index contributed by atoms with van der Waals surface area (Å²) in [6.45, 7) is 1.04. The van der Waals surface area contributed by atoms with Crippen molar-refractivity contribution in [3.63, 3.8) is 0 Å². The predicted molar refractivity (Wildman–Crippen MR) is 116 cm³/mol. The summed E-state index contributed by atoms with van der Waals surface area (Å²) >= 11 is 0. The van der Waals surface area contributed by atoms with Crippen LogP contribution in [-0.2, 0) is 26.2 Å². The minimum atomic E-state index is -3.80. The van der Waals surface area contributed by atoms with Gasteiger partial charge in [-0.2, -0.15) is 0 Å². The highest BCUT2D eigenvalue weighted by Gasteiger charge is 2.29. The molecular weight excluding hydrogens is 425 g/mol. The molecular formula is C21H26FN3O5S. The lowest BCUT2D eigenvalue weighted by Crippen LogP contribution is -2.50. The van der Waals surface area contributed by atoms with Gasteiger partial charge in [-0.05, 0) is 48.9 Å². The highest BCUT2D eigenvalue weighted by Crippen LogP contribution is 2.22. The van der Waals surface area contributed by atoms with Crippen LogP contribution in [0.25, 0.3) is 0 Å². The Labute approximate surface area is 181 Å². The zero-order valence-corrected chi connectivity index (χ0v) is 18.6. The summed E-state index contributed by atoms with van der Waals surface area (Å²) in [5.41, 5.74) is 0.881. The van der Waals surface area contributed by atoms with Crippen LogP contribution in [0.2, 0.25) is 0 Å². The quantitative estimate of drug-likeness (QED) is 0.627. The van der Waals surface area contributed by atoms with Gasteiger partial charge < -0.3 is 15.0 Å². The third-order valence-corrected chi connectivity index (χ3v) is 5.86. The van der Waals surface area contributed by atoms with Gasteiger partial charge in [-0.1, -0.05) is 12.1 Å². The molecule has 8 nitrogen and oxygen atoms in total. The first-order chi connectivity index (χ1) is 14.6. The van der Waals surface area contributed by atoms with E-state index in [0.717, 1.165) is 10.6 Å². The third-order valence-electron chi connectivity index (χ3n) is 4.72. The number of sulfonamides is 1. The van der Waals surface area contributed by atoms with Crippen molar-refractivity contribution in [2.45, 2.75) is 19.5 Å². The van der Waals surface area contributed by atoms with Gasteiger partial charge in [0.25, 0.3) is 0 Å². The molecule has 0 bridgehead atoms. The van der Waals surface area contributed by atoms with E-state index in [9.17, 15) is 22.4 Å². The molecule has 168 valence electrons. The maximum atomic E-state index is 13.2. The van der Waals surface area contributed by atoms with Crippen molar-refractivity contribution in [3.05, 3.63) is 59.9 Å². The van der Waals surface area contributed by atoms with E-state index >= 15 is 0 Å². The lowest BCUT2D eigenvalue weighted by atomic mass is 10.1. The average Bonchev–Trinajstić information content (AvgIpc) is 2.75. The number of benzene rings is 2. The van der Waals surface area contributed by atoms with Crippen LogP contribution in [0.3, 0.4) is 0 Å². The van der Waals surface area contributed by atoms with Gasteiger partial charge in [0.2, 0.25) is 21.8 Å². The Bertz CT molecular complexity index is 1010. The number of nitrogens with zero attached hydrogens (tertiary/aromatic N) is 2. The first kappa shape index (κ1) is 24.1. The summed E-state index contributed by atoms with van der Waals surface area (Å²) in [6.07, 6.45) is 0.997. The predicted octanol–water partition coefficient (Wildman–Crippen LogP) is 1.76. The van der Waals surface area contributed by atoms with Crippen molar-refractivity contribution in [1.29, 1.82) is 0 Å². The molecule has 0 fully saturated rings. The zero-order chi connectivity index (χ0) is 23.2. The van der Waals surface area contributed by atoms with Crippen molar-refractivity contribution >= 4 is 27.5 Å². The van der Waals surface area contributed by atoms with Gasteiger partial charge in [-0.25, -0.2) is 12.8 Å². The first-order valence-corrected chi connectivity index (χ1v) is 11.3. The highest BCUT2D eigenvalue weighted by molar-refractivity contribution is 7.92. The van der Waals surface area contributed by atoms with Crippen LogP contribution in [0.1, 0.15) is 12.5 Å². The average molecular weight is 452 g/mol. The van der Waals surface area contributed by atoms with E-state index in [4.69, 9.17) is 4.74 Å². The second-order valence-corrected chi connectivity index (χ2v) is 8.81. The Morgan fingerprint density at radius 2 is 1.68 bits per heavy atom.